The SMILES string of the molecule is Cc1ccc(-c2cc(C(=O)NC3CCNCC3)on2)cc1. The summed E-state index contributed by atoms with van der Waals surface area (Å²) in [5.74, 6) is 0.0804. The number of aryl methyl sites for hydroxylation is 1. The molecule has 2 N–H and O–H groups in total. The van der Waals surface area contributed by atoms with Crippen molar-refractivity contribution in [3.63, 3.8) is 0 Å². The number of nitrogens with zero attached hydrogens (tertiary/aromatic N) is 1. The fraction of sp³-hybridized carbons (Fsp3) is 0.375. The molecule has 0 aliphatic carbocycles. The third-order valence-electron chi connectivity index (χ3n) is 3.76. The van der Waals surface area contributed by atoms with Crippen LogP contribution in [0, 0.1) is 6.92 Å². The number of amides is 1. The monoisotopic (exact) mass is 285 g/mol. The molecule has 2 aromatic rings. The first-order valence-corrected chi connectivity index (χ1v) is 7.28. The van der Waals surface area contributed by atoms with Gasteiger partial charge in [-0.25, -0.2) is 0 Å². The van der Waals surface area contributed by atoms with Gasteiger partial charge in [0, 0.05) is 17.7 Å². The predicted octanol–water partition coefficient (Wildman–Crippen LogP) is 2.13. The Kier molecular flexibility index (Phi) is 4.01. The second kappa shape index (κ2) is 6.10. The van der Waals surface area contributed by atoms with E-state index in [-0.39, 0.29) is 17.7 Å². The minimum atomic E-state index is -0.187. The van der Waals surface area contributed by atoms with Crippen molar-refractivity contribution in [3.05, 3.63) is 41.7 Å². The number of carbonyl (C=O) groups is 1. The van der Waals surface area contributed by atoms with E-state index in [1.807, 2.05) is 31.2 Å². The molecule has 0 saturated carbocycles. The molecule has 1 saturated heterocycles. The minimum Gasteiger partial charge on any atom is -0.350 e. The lowest BCUT2D eigenvalue weighted by molar-refractivity contribution is 0.0892. The second-order valence-electron chi connectivity index (χ2n) is 5.44. The molecule has 1 fully saturated rings. The van der Waals surface area contributed by atoms with Crippen LogP contribution in [0.15, 0.2) is 34.9 Å². The van der Waals surface area contributed by atoms with Crippen molar-refractivity contribution in [1.82, 2.24) is 15.8 Å². The summed E-state index contributed by atoms with van der Waals surface area (Å²) in [7, 11) is 0. The molecule has 5 heteroatoms. The Balaban J connectivity index is 1.69. The van der Waals surface area contributed by atoms with Crippen molar-refractivity contribution in [2.24, 2.45) is 0 Å². The van der Waals surface area contributed by atoms with Crippen LogP contribution in [0.2, 0.25) is 0 Å². The fourth-order valence-electron chi connectivity index (χ4n) is 2.47. The number of nitrogens with one attached hydrogen (secondary N) is 2. The van der Waals surface area contributed by atoms with Gasteiger partial charge in [0.05, 0.1) is 0 Å². The van der Waals surface area contributed by atoms with Crippen molar-refractivity contribution in [2.45, 2.75) is 25.8 Å². The predicted molar refractivity (Wildman–Crippen MR) is 80.0 cm³/mol. The Hall–Kier alpha value is -2.14. The van der Waals surface area contributed by atoms with Crippen LogP contribution in [0.5, 0.6) is 0 Å². The highest BCUT2D eigenvalue weighted by Crippen LogP contribution is 2.19. The van der Waals surface area contributed by atoms with E-state index in [2.05, 4.69) is 15.8 Å². The average molecular weight is 285 g/mol. The molecule has 0 unspecified atom stereocenters. The molecule has 1 aromatic carbocycles. The van der Waals surface area contributed by atoms with E-state index in [0.29, 0.717) is 5.69 Å². The van der Waals surface area contributed by atoms with E-state index in [9.17, 15) is 4.79 Å². The number of hydrogen-bond donors (Lipinski definition) is 2. The first kappa shape index (κ1) is 13.8. The van der Waals surface area contributed by atoms with Crippen molar-refractivity contribution < 1.29 is 9.32 Å². The Morgan fingerprint density at radius 2 is 2.00 bits per heavy atom. The van der Waals surface area contributed by atoms with E-state index in [0.717, 1.165) is 31.5 Å². The molecule has 0 atom stereocenters. The Bertz CT molecular complexity index is 613. The van der Waals surface area contributed by atoms with E-state index in [1.54, 1.807) is 6.07 Å². The van der Waals surface area contributed by atoms with Gasteiger partial charge in [0.25, 0.3) is 5.91 Å². The standard InChI is InChI=1S/C16H19N3O2/c1-11-2-4-12(5-3-11)14-10-15(21-19-14)16(20)18-13-6-8-17-9-7-13/h2-5,10,13,17H,6-9H2,1H3,(H,18,20). The van der Waals surface area contributed by atoms with E-state index < -0.39 is 0 Å². The molecular formula is C16H19N3O2. The first-order chi connectivity index (χ1) is 10.2. The van der Waals surface area contributed by atoms with Crippen molar-refractivity contribution >= 4 is 5.91 Å². The maximum Gasteiger partial charge on any atom is 0.290 e. The summed E-state index contributed by atoms with van der Waals surface area (Å²) in [6, 6.07) is 9.88. The maximum atomic E-state index is 12.1. The zero-order chi connectivity index (χ0) is 14.7. The fourth-order valence-corrected chi connectivity index (χ4v) is 2.47. The molecule has 3 rings (SSSR count). The van der Waals surface area contributed by atoms with Crippen LogP contribution in [0.25, 0.3) is 11.3 Å². The van der Waals surface area contributed by atoms with Gasteiger partial charge in [-0.15, -0.1) is 0 Å². The normalized spacial score (nSPS) is 15.9. The van der Waals surface area contributed by atoms with Crippen molar-refractivity contribution in [2.75, 3.05) is 13.1 Å². The molecule has 21 heavy (non-hydrogen) atoms. The topological polar surface area (TPSA) is 67.2 Å². The number of benzene rings is 1. The summed E-state index contributed by atoms with van der Waals surface area (Å²) >= 11 is 0. The van der Waals surface area contributed by atoms with Gasteiger partial charge in [-0.3, -0.25) is 4.79 Å². The number of carbonyl (C=O) groups excluding carboxylic acids is 1. The molecule has 0 spiro atoms. The van der Waals surface area contributed by atoms with Crippen molar-refractivity contribution in [1.29, 1.82) is 0 Å². The molecule has 1 aromatic heterocycles. The smallest absolute Gasteiger partial charge is 0.290 e. The number of rotatable bonds is 3. The minimum absolute atomic E-state index is 0.187. The zero-order valence-corrected chi connectivity index (χ0v) is 12.1. The van der Waals surface area contributed by atoms with Gasteiger partial charge < -0.3 is 15.2 Å². The van der Waals surface area contributed by atoms with Gasteiger partial charge in [-0.1, -0.05) is 35.0 Å². The largest absolute Gasteiger partial charge is 0.350 e. The van der Waals surface area contributed by atoms with Gasteiger partial charge in [0.2, 0.25) is 5.76 Å². The summed E-state index contributed by atoms with van der Waals surface area (Å²) in [5, 5.41) is 10.2. The summed E-state index contributed by atoms with van der Waals surface area (Å²) in [5.41, 5.74) is 2.82. The van der Waals surface area contributed by atoms with Crippen molar-refractivity contribution in [3.8, 4) is 11.3 Å². The molecule has 2 heterocycles. The molecule has 1 amide bonds. The van der Waals surface area contributed by atoms with E-state index in [4.69, 9.17) is 4.52 Å². The average Bonchev–Trinajstić information content (AvgIpc) is 2.99. The molecular weight excluding hydrogens is 266 g/mol. The Labute approximate surface area is 123 Å². The van der Waals surface area contributed by atoms with E-state index in [1.165, 1.54) is 5.56 Å². The number of hydrogen-bond acceptors (Lipinski definition) is 4. The summed E-state index contributed by atoms with van der Waals surface area (Å²) in [6.07, 6.45) is 1.90. The lowest BCUT2D eigenvalue weighted by atomic mass is 10.1. The van der Waals surface area contributed by atoms with Crippen LogP contribution in [0.1, 0.15) is 29.0 Å². The molecule has 0 radical (unpaired) electrons. The lowest BCUT2D eigenvalue weighted by Crippen LogP contribution is -2.42. The van der Waals surface area contributed by atoms with Crippen LogP contribution < -0.4 is 10.6 Å². The second-order valence-corrected chi connectivity index (χ2v) is 5.44. The van der Waals surface area contributed by atoms with Gasteiger partial charge in [0.15, 0.2) is 0 Å². The first-order valence-electron chi connectivity index (χ1n) is 7.28. The summed E-state index contributed by atoms with van der Waals surface area (Å²) in [6.45, 7) is 3.91. The van der Waals surface area contributed by atoms with Crippen LogP contribution in [-0.4, -0.2) is 30.2 Å². The lowest BCUT2D eigenvalue weighted by Gasteiger charge is -2.22. The molecule has 0 bridgehead atoms. The van der Waals surface area contributed by atoms with Gasteiger partial charge >= 0.3 is 0 Å². The van der Waals surface area contributed by atoms with Crippen LogP contribution in [0.4, 0.5) is 0 Å². The quantitative estimate of drug-likeness (QED) is 0.906. The maximum absolute atomic E-state index is 12.1. The molecule has 110 valence electrons. The molecule has 1 aliphatic rings. The highest BCUT2D eigenvalue weighted by atomic mass is 16.5. The van der Waals surface area contributed by atoms with Gasteiger partial charge in [-0.05, 0) is 32.9 Å². The van der Waals surface area contributed by atoms with Crippen LogP contribution in [-0.2, 0) is 0 Å². The third-order valence-corrected chi connectivity index (χ3v) is 3.76. The van der Waals surface area contributed by atoms with E-state index >= 15 is 0 Å². The van der Waals surface area contributed by atoms with Crippen LogP contribution >= 0.6 is 0 Å². The third kappa shape index (κ3) is 3.31. The highest BCUT2D eigenvalue weighted by Gasteiger charge is 2.19. The Morgan fingerprint density at radius 1 is 1.29 bits per heavy atom. The van der Waals surface area contributed by atoms with Gasteiger partial charge in [0.1, 0.15) is 5.69 Å². The molecule has 1 aliphatic heterocycles. The summed E-state index contributed by atoms with van der Waals surface area (Å²) in [4.78, 5) is 12.1. The number of aromatic nitrogens is 1. The van der Waals surface area contributed by atoms with Crippen LogP contribution in [0.3, 0.4) is 0 Å². The highest BCUT2D eigenvalue weighted by molar-refractivity contribution is 5.92. The van der Waals surface area contributed by atoms with Gasteiger partial charge in [-0.2, -0.15) is 0 Å². The molecule has 5 nitrogen and oxygen atoms in total. The summed E-state index contributed by atoms with van der Waals surface area (Å²) < 4.78 is 5.17. The Morgan fingerprint density at radius 3 is 2.71 bits per heavy atom. The number of piperidine rings is 1. The zero-order valence-electron chi connectivity index (χ0n) is 12.1.